The number of aliphatic hydroxyl groups excluding tert-OH is 1. The summed E-state index contributed by atoms with van der Waals surface area (Å²) < 4.78 is 11.5. The van der Waals surface area contributed by atoms with Crippen molar-refractivity contribution in [3.8, 4) is 0 Å². The maximum Gasteiger partial charge on any atom is 0.306 e. The average Bonchev–Trinajstić information content (AvgIpc) is 2.90. The Kier molecular flexibility index (Phi) is 3.17. The van der Waals surface area contributed by atoms with Gasteiger partial charge in [0.1, 0.15) is 12.2 Å². The highest BCUT2D eigenvalue weighted by Gasteiger charge is 2.82. The average molecular weight is 376 g/mol. The normalized spacial score (nSPS) is 56.2. The molecular weight excluding hydrogens is 352 g/mol. The molecule has 0 radical (unpaired) electrons. The second-order valence-corrected chi connectivity index (χ2v) is 9.32. The molecule has 0 aromatic rings. The second kappa shape index (κ2) is 4.88. The van der Waals surface area contributed by atoms with Gasteiger partial charge in [-0.25, -0.2) is 0 Å². The molecule has 2 saturated heterocycles. The van der Waals surface area contributed by atoms with Crippen LogP contribution < -0.4 is 0 Å². The fourth-order valence-corrected chi connectivity index (χ4v) is 7.33. The smallest absolute Gasteiger partial charge is 0.306 e. The lowest BCUT2D eigenvalue weighted by molar-refractivity contribution is -0.276. The monoisotopic (exact) mass is 376 g/mol. The third kappa shape index (κ3) is 1.68. The number of hydrogen-bond donors (Lipinski definition) is 2. The van der Waals surface area contributed by atoms with E-state index in [1.165, 1.54) is 6.08 Å². The molecule has 7 heteroatoms. The Hall–Kier alpha value is -1.57. The lowest BCUT2D eigenvalue weighted by atomic mass is 9.38. The first-order chi connectivity index (χ1) is 12.6. The first kappa shape index (κ1) is 17.5. The second-order valence-electron chi connectivity index (χ2n) is 9.32. The molecule has 3 aliphatic carbocycles. The van der Waals surface area contributed by atoms with Crippen molar-refractivity contribution in [2.75, 3.05) is 6.61 Å². The molecule has 27 heavy (non-hydrogen) atoms. The Morgan fingerprint density at radius 2 is 1.96 bits per heavy atom. The zero-order chi connectivity index (χ0) is 19.5. The Bertz CT molecular complexity index is 817. The molecule has 4 fully saturated rings. The van der Waals surface area contributed by atoms with Crippen molar-refractivity contribution in [1.82, 2.24) is 0 Å². The van der Waals surface area contributed by atoms with Gasteiger partial charge in [0.25, 0.3) is 0 Å². The van der Waals surface area contributed by atoms with E-state index in [2.05, 4.69) is 0 Å². The van der Waals surface area contributed by atoms with E-state index < -0.39 is 52.2 Å². The highest BCUT2D eigenvalue weighted by molar-refractivity contribution is 5.97. The minimum Gasteiger partial charge on any atom is -0.462 e. The summed E-state index contributed by atoms with van der Waals surface area (Å²) in [5.74, 6) is -5.31. The Balaban J connectivity index is 1.79. The molecule has 1 spiro atoms. The molecule has 146 valence electrons. The van der Waals surface area contributed by atoms with Crippen molar-refractivity contribution >= 4 is 17.5 Å². The summed E-state index contributed by atoms with van der Waals surface area (Å²) in [4.78, 5) is 37.9. The quantitative estimate of drug-likeness (QED) is 0.588. The van der Waals surface area contributed by atoms with Crippen LogP contribution in [0.15, 0.2) is 11.6 Å². The summed E-state index contributed by atoms with van der Waals surface area (Å²) in [6.45, 7) is 5.39. The number of esters is 1. The summed E-state index contributed by atoms with van der Waals surface area (Å²) in [6.07, 6.45) is 0.0975. The van der Waals surface area contributed by atoms with Gasteiger partial charge >= 0.3 is 5.97 Å². The molecular formula is C20H24O7. The number of ether oxygens (including phenoxy) is 2. The highest BCUT2D eigenvalue weighted by Crippen LogP contribution is 2.72. The van der Waals surface area contributed by atoms with Gasteiger partial charge in [0, 0.05) is 29.1 Å². The third-order valence-corrected chi connectivity index (χ3v) is 8.39. The van der Waals surface area contributed by atoms with Crippen LogP contribution in [0.4, 0.5) is 0 Å². The molecule has 0 unspecified atom stereocenters. The van der Waals surface area contributed by atoms with E-state index in [0.29, 0.717) is 6.42 Å². The molecule has 7 nitrogen and oxygen atoms in total. The van der Waals surface area contributed by atoms with Gasteiger partial charge < -0.3 is 19.7 Å². The van der Waals surface area contributed by atoms with Crippen LogP contribution in [0.5, 0.6) is 0 Å². The van der Waals surface area contributed by atoms with E-state index >= 15 is 0 Å². The van der Waals surface area contributed by atoms with E-state index in [9.17, 15) is 24.6 Å². The Labute approximate surface area is 156 Å². The Morgan fingerprint density at radius 3 is 2.67 bits per heavy atom. The molecule has 2 heterocycles. The van der Waals surface area contributed by atoms with Crippen molar-refractivity contribution in [1.29, 1.82) is 0 Å². The molecule has 0 aromatic carbocycles. The maximum atomic E-state index is 13.1. The van der Waals surface area contributed by atoms with Crippen molar-refractivity contribution in [2.45, 2.75) is 51.6 Å². The standard InChI is InChI=1S/C20H24O7/c1-8-4-12(21)16(24)18(3)10(8)5-13-19-7-26-20(25,17(18)19)15(23)9(2)11(19)6-14(22)27-13/h4,9-11,13,16-17,24-25H,5-7H2,1-3H3/t9-,10+,11+,13-,16-,17-,18-,19-,20+/m1/s1. The Morgan fingerprint density at radius 1 is 1.26 bits per heavy atom. The van der Waals surface area contributed by atoms with Crippen LogP contribution >= 0.6 is 0 Å². The van der Waals surface area contributed by atoms with Crippen LogP contribution in [0, 0.1) is 34.5 Å². The molecule has 9 atom stereocenters. The van der Waals surface area contributed by atoms with Crippen LogP contribution in [0.25, 0.3) is 0 Å². The number of rotatable bonds is 0. The largest absolute Gasteiger partial charge is 0.462 e. The van der Waals surface area contributed by atoms with Crippen molar-refractivity contribution in [2.24, 2.45) is 34.5 Å². The first-order valence-corrected chi connectivity index (χ1v) is 9.58. The fourth-order valence-electron chi connectivity index (χ4n) is 7.33. The van der Waals surface area contributed by atoms with Crippen LogP contribution in [-0.2, 0) is 23.9 Å². The summed E-state index contributed by atoms with van der Waals surface area (Å²) in [6, 6.07) is 0. The zero-order valence-electron chi connectivity index (χ0n) is 15.6. The molecule has 2 N–H and O–H groups in total. The molecule has 2 aliphatic heterocycles. The van der Waals surface area contributed by atoms with Gasteiger partial charge in [-0.3, -0.25) is 14.4 Å². The van der Waals surface area contributed by atoms with Gasteiger partial charge in [0.2, 0.25) is 5.79 Å². The number of carbonyl (C=O) groups excluding carboxylic acids is 3. The van der Waals surface area contributed by atoms with Gasteiger partial charge in [-0.15, -0.1) is 0 Å². The van der Waals surface area contributed by atoms with E-state index in [1.54, 1.807) is 13.8 Å². The van der Waals surface area contributed by atoms with Gasteiger partial charge in [-0.2, -0.15) is 0 Å². The number of carbonyl (C=O) groups is 3. The molecule has 5 aliphatic rings. The summed E-state index contributed by atoms with van der Waals surface area (Å²) in [5, 5.41) is 22.4. The van der Waals surface area contributed by atoms with Crippen LogP contribution in [0.2, 0.25) is 0 Å². The van der Waals surface area contributed by atoms with Gasteiger partial charge in [-0.05, 0) is 31.3 Å². The third-order valence-electron chi connectivity index (χ3n) is 8.39. The van der Waals surface area contributed by atoms with Crippen LogP contribution in [-0.4, -0.2) is 52.4 Å². The van der Waals surface area contributed by atoms with Crippen molar-refractivity contribution in [3.05, 3.63) is 11.6 Å². The first-order valence-electron chi connectivity index (χ1n) is 9.58. The van der Waals surface area contributed by atoms with E-state index in [-0.39, 0.29) is 30.8 Å². The predicted octanol–water partition coefficient (Wildman–Crippen LogP) is 0.374. The minimum atomic E-state index is -2.08. The predicted molar refractivity (Wildman–Crippen MR) is 90.0 cm³/mol. The highest BCUT2D eigenvalue weighted by atomic mass is 16.6. The molecule has 0 aromatic heterocycles. The number of allylic oxidation sites excluding steroid dienone is 1. The number of Topliss-reactive ketones (excluding diaryl/α,β-unsaturated/α-hetero) is 1. The number of fused-ring (bicyclic) bond motifs is 1. The molecule has 2 bridgehead atoms. The van der Waals surface area contributed by atoms with Gasteiger partial charge in [-0.1, -0.05) is 19.4 Å². The zero-order valence-corrected chi connectivity index (χ0v) is 15.6. The van der Waals surface area contributed by atoms with Gasteiger partial charge in [0.15, 0.2) is 11.6 Å². The minimum absolute atomic E-state index is 0.0822. The summed E-state index contributed by atoms with van der Waals surface area (Å²) in [5.41, 5.74) is -1.08. The molecule has 0 amide bonds. The molecule has 2 saturated carbocycles. The van der Waals surface area contributed by atoms with Crippen LogP contribution in [0.1, 0.15) is 33.6 Å². The van der Waals surface area contributed by atoms with E-state index in [0.717, 1.165) is 5.57 Å². The van der Waals surface area contributed by atoms with Crippen molar-refractivity contribution in [3.63, 3.8) is 0 Å². The van der Waals surface area contributed by atoms with Crippen molar-refractivity contribution < 1.29 is 34.1 Å². The summed E-state index contributed by atoms with van der Waals surface area (Å²) >= 11 is 0. The summed E-state index contributed by atoms with van der Waals surface area (Å²) in [7, 11) is 0. The number of aliphatic hydroxyl groups is 2. The fraction of sp³-hybridized carbons (Fsp3) is 0.750. The van der Waals surface area contributed by atoms with E-state index in [1.807, 2.05) is 6.92 Å². The SMILES string of the molecule is CC1=CC(=O)[C@@H](O)[C@]2(C)[C@@H]3[C@]45CO[C@@]3(O)C(=O)[C@H](C)[C@@H]4CC(=O)O[C@@H]5C[C@@H]12. The maximum absolute atomic E-state index is 13.1. The lowest BCUT2D eigenvalue weighted by Crippen LogP contribution is -2.75. The number of hydrogen-bond acceptors (Lipinski definition) is 7. The lowest BCUT2D eigenvalue weighted by Gasteiger charge is -2.66. The topological polar surface area (TPSA) is 110 Å². The van der Waals surface area contributed by atoms with Gasteiger partial charge in [0.05, 0.1) is 6.61 Å². The van der Waals surface area contributed by atoms with Crippen LogP contribution in [0.3, 0.4) is 0 Å². The molecule has 5 rings (SSSR count). The van der Waals surface area contributed by atoms with E-state index in [4.69, 9.17) is 9.47 Å². The number of ketones is 2.